The Hall–Kier alpha value is -2.42. The molecule has 1 unspecified atom stereocenters. The fraction of sp³-hybridized carbons (Fsp3) is 0.684. The first kappa shape index (κ1) is 18.9. The lowest BCUT2D eigenvalue weighted by Crippen LogP contribution is -2.35. The fourth-order valence-corrected chi connectivity index (χ4v) is 3.63. The van der Waals surface area contributed by atoms with Gasteiger partial charge in [-0.1, -0.05) is 19.0 Å². The molecule has 0 radical (unpaired) electrons. The number of aromatic nitrogens is 4. The summed E-state index contributed by atoms with van der Waals surface area (Å²) in [4.78, 5) is 17.7. The summed E-state index contributed by atoms with van der Waals surface area (Å²) in [6.07, 6.45) is 6.53. The lowest BCUT2D eigenvalue weighted by Gasteiger charge is -2.30. The maximum atomic E-state index is 5.95. The van der Waals surface area contributed by atoms with Crippen molar-refractivity contribution in [3.63, 3.8) is 0 Å². The van der Waals surface area contributed by atoms with Crippen molar-refractivity contribution in [3.05, 3.63) is 18.2 Å². The second-order valence-corrected chi connectivity index (χ2v) is 8.04. The Morgan fingerprint density at radius 1 is 1.14 bits per heavy atom. The van der Waals surface area contributed by atoms with Crippen molar-refractivity contribution >= 4 is 11.8 Å². The molecule has 0 saturated carbocycles. The molecule has 2 saturated heterocycles. The van der Waals surface area contributed by atoms with Crippen LogP contribution in [0.25, 0.3) is 0 Å². The zero-order valence-corrected chi connectivity index (χ0v) is 16.6. The summed E-state index contributed by atoms with van der Waals surface area (Å²) in [5, 5.41) is 4.05. The van der Waals surface area contributed by atoms with Crippen molar-refractivity contribution in [1.82, 2.24) is 20.1 Å². The van der Waals surface area contributed by atoms with Crippen molar-refractivity contribution < 1.29 is 9.26 Å². The Kier molecular flexibility index (Phi) is 5.61. The Morgan fingerprint density at radius 3 is 2.54 bits per heavy atom. The lowest BCUT2D eigenvalue weighted by molar-refractivity contribution is 0.213. The highest BCUT2D eigenvalue weighted by Gasteiger charge is 2.24. The first-order valence-electron chi connectivity index (χ1n) is 10.1. The Morgan fingerprint density at radius 2 is 1.93 bits per heavy atom. The summed E-state index contributed by atoms with van der Waals surface area (Å²) in [7, 11) is 0. The minimum Gasteiger partial charge on any atom is -0.476 e. The van der Waals surface area contributed by atoms with Gasteiger partial charge in [-0.25, -0.2) is 9.97 Å². The molecule has 4 rings (SSSR count). The topological polar surface area (TPSA) is 106 Å². The molecule has 0 aliphatic carbocycles. The number of nitrogens with two attached hydrogens (primary N) is 1. The number of anilines is 2. The third-order valence-electron chi connectivity index (χ3n) is 5.46. The molecule has 0 spiro atoms. The lowest BCUT2D eigenvalue weighted by atomic mass is 9.98. The van der Waals surface area contributed by atoms with Gasteiger partial charge in [-0.2, -0.15) is 4.98 Å². The molecule has 2 N–H and O–H groups in total. The number of ether oxygens (including phenoxy) is 1. The van der Waals surface area contributed by atoms with Crippen LogP contribution in [0.3, 0.4) is 0 Å². The van der Waals surface area contributed by atoms with E-state index in [9.17, 15) is 0 Å². The van der Waals surface area contributed by atoms with Crippen LogP contribution in [0.15, 0.2) is 16.9 Å². The van der Waals surface area contributed by atoms with Crippen LogP contribution in [0.5, 0.6) is 5.88 Å². The largest absolute Gasteiger partial charge is 0.476 e. The first-order valence-corrected chi connectivity index (χ1v) is 10.1. The molecule has 28 heavy (non-hydrogen) atoms. The van der Waals surface area contributed by atoms with E-state index >= 15 is 0 Å². The van der Waals surface area contributed by atoms with Crippen molar-refractivity contribution in [2.45, 2.75) is 45.1 Å². The predicted molar refractivity (Wildman–Crippen MR) is 106 cm³/mol. The van der Waals surface area contributed by atoms with E-state index in [2.05, 4.69) is 43.8 Å². The number of hydrogen-bond donors (Lipinski definition) is 1. The summed E-state index contributed by atoms with van der Waals surface area (Å²) in [6.45, 7) is 8.35. The Labute approximate surface area is 165 Å². The molecule has 152 valence electrons. The summed E-state index contributed by atoms with van der Waals surface area (Å²) >= 11 is 0. The zero-order valence-electron chi connectivity index (χ0n) is 16.6. The van der Waals surface area contributed by atoms with Crippen LogP contribution in [0.4, 0.5) is 11.8 Å². The molecule has 0 amide bonds. The molecule has 9 nitrogen and oxygen atoms in total. The van der Waals surface area contributed by atoms with E-state index in [1.807, 2.05) is 0 Å². The number of nitrogens with zero attached hydrogens (tertiary/aromatic N) is 6. The second kappa shape index (κ2) is 8.30. The fourth-order valence-electron chi connectivity index (χ4n) is 3.63. The molecule has 9 heteroatoms. The van der Waals surface area contributed by atoms with Crippen molar-refractivity contribution in [2.24, 2.45) is 11.7 Å². The number of piperidine rings is 1. The number of hydrogen-bond acceptors (Lipinski definition) is 9. The average molecular weight is 387 g/mol. The van der Waals surface area contributed by atoms with Gasteiger partial charge in [-0.3, -0.25) is 0 Å². The summed E-state index contributed by atoms with van der Waals surface area (Å²) in [6, 6.07) is 0.860. The minimum absolute atomic E-state index is 0.229. The normalized spacial score (nSPS) is 20.9. The SMILES string of the molecule is CC(C)c1noc(N2CCC(COc3cnc(N4CCC(N)C4)cn3)CC2)n1. The van der Waals surface area contributed by atoms with E-state index in [0.29, 0.717) is 24.4 Å². The molecule has 0 bridgehead atoms. The molecule has 2 aliphatic heterocycles. The standard InChI is InChI=1S/C19H29N7O2/c1-13(2)18-23-19(28-24-18)25-6-3-14(4-7-25)12-27-17-10-21-16(9-22-17)26-8-5-15(20)11-26/h9-10,13-15H,3-8,11-12,20H2,1-2H3. The van der Waals surface area contributed by atoms with Gasteiger partial charge in [-0.15, -0.1) is 0 Å². The van der Waals surface area contributed by atoms with Crippen molar-refractivity contribution in [2.75, 3.05) is 42.6 Å². The Bertz CT molecular complexity index is 756. The van der Waals surface area contributed by atoms with Crippen LogP contribution >= 0.6 is 0 Å². The summed E-state index contributed by atoms with van der Waals surface area (Å²) < 4.78 is 11.3. The van der Waals surface area contributed by atoms with Crippen LogP contribution in [0, 0.1) is 5.92 Å². The summed E-state index contributed by atoms with van der Waals surface area (Å²) in [5.74, 6) is 2.97. The zero-order chi connectivity index (χ0) is 19.5. The third-order valence-corrected chi connectivity index (χ3v) is 5.46. The number of rotatable bonds is 6. The van der Waals surface area contributed by atoms with E-state index < -0.39 is 0 Å². The maximum absolute atomic E-state index is 5.95. The smallest absolute Gasteiger partial charge is 0.324 e. The van der Waals surface area contributed by atoms with Crippen LogP contribution < -0.4 is 20.3 Å². The quantitative estimate of drug-likeness (QED) is 0.794. The highest BCUT2D eigenvalue weighted by Crippen LogP contribution is 2.24. The average Bonchev–Trinajstić information content (AvgIpc) is 3.37. The van der Waals surface area contributed by atoms with Gasteiger partial charge in [0.1, 0.15) is 5.82 Å². The van der Waals surface area contributed by atoms with Gasteiger partial charge >= 0.3 is 6.01 Å². The molecule has 2 aliphatic rings. The molecular formula is C19H29N7O2. The van der Waals surface area contributed by atoms with Gasteiger partial charge in [0.15, 0.2) is 5.82 Å². The van der Waals surface area contributed by atoms with Crippen LogP contribution in [-0.2, 0) is 0 Å². The van der Waals surface area contributed by atoms with Gasteiger partial charge in [0.25, 0.3) is 0 Å². The predicted octanol–water partition coefficient (Wildman–Crippen LogP) is 1.82. The third kappa shape index (κ3) is 4.35. The van der Waals surface area contributed by atoms with Crippen molar-refractivity contribution in [3.8, 4) is 5.88 Å². The van der Waals surface area contributed by atoms with E-state index in [-0.39, 0.29) is 12.0 Å². The van der Waals surface area contributed by atoms with Gasteiger partial charge in [-0.05, 0) is 25.2 Å². The Balaban J connectivity index is 1.23. The van der Waals surface area contributed by atoms with Crippen LogP contribution in [0.1, 0.15) is 44.9 Å². The molecular weight excluding hydrogens is 358 g/mol. The van der Waals surface area contributed by atoms with E-state index in [0.717, 1.165) is 57.1 Å². The molecule has 1 atom stereocenters. The van der Waals surface area contributed by atoms with Crippen molar-refractivity contribution in [1.29, 1.82) is 0 Å². The van der Waals surface area contributed by atoms with Gasteiger partial charge in [0, 0.05) is 38.1 Å². The highest BCUT2D eigenvalue weighted by atomic mass is 16.5. The van der Waals surface area contributed by atoms with Crippen LogP contribution in [-0.4, -0.2) is 58.9 Å². The highest BCUT2D eigenvalue weighted by molar-refractivity contribution is 5.38. The second-order valence-electron chi connectivity index (χ2n) is 8.04. The van der Waals surface area contributed by atoms with Crippen LogP contribution in [0.2, 0.25) is 0 Å². The monoisotopic (exact) mass is 387 g/mol. The minimum atomic E-state index is 0.229. The van der Waals surface area contributed by atoms with E-state index in [1.165, 1.54) is 0 Å². The molecule has 2 fully saturated rings. The maximum Gasteiger partial charge on any atom is 0.324 e. The van der Waals surface area contributed by atoms with Gasteiger partial charge in [0.2, 0.25) is 5.88 Å². The molecule has 0 aromatic carbocycles. The van der Waals surface area contributed by atoms with E-state index in [4.69, 9.17) is 15.0 Å². The first-order chi connectivity index (χ1) is 13.6. The van der Waals surface area contributed by atoms with E-state index in [1.54, 1.807) is 12.4 Å². The molecule has 2 aromatic rings. The van der Waals surface area contributed by atoms with Gasteiger partial charge in [0.05, 0.1) is 19.0 Å². The molecule has 2 aromatic heterocycles. The van der Waals surface area contributed by atoms with Gasteiger partial charge < -0.3 is 24.8 Å². The summed E-state index contributed by atoms with van der Waals surface area (Å²) in [5.41, 5.74) is 5.95. The molecule has 4 heterocycles.